The molecule has 0 aromatic rings. The molecule has 2 aliphatic rings. The van der Waals surface area contributed by atoms with E-state index in [1.807, 2.05) is 0 Å². The van der Waals surface area contributed by atoms with Gasteiger partial charge in [-0.1, -0.05) is 20.3 Å². The second kappa shape index (κ2) is 3.02. The van der Waals surface area contributed by atoms with E-state index < -0.39 is 0 Å². The van der Waals surface area contributed by atoms with Gasteiger partial charge in [-0.15, -0.1) is 0 Å². The van der Waals surface area contributed by atoms with Crippen molar-refractivity contribution < 1.29 is 0 Å². The van der Waals surface area contributed by atoms with Crippen LogP contribution in [0.2, 0.25) is 0 Å². The molecule has 2 rings (SSSR count). The summed E-state index contributed by atoms with van der Waals surface area (Å²) in [6.45, 7) is 5.81. The van der Waals surface area contributed by atoms with Crippen molar-refractivity contribution >= 4 is 0 Å². The monoisotopic (exact) mass is 167 g/mol. The van der Waals surface area contributed by atoms with E-state index in [1.165, 1.54) is 38.6 Å². The number of hydrogen-bond donors (Lipinski definition) is 1. The third-order valence-corrected chi connectivity index (χ3v) is 3.54. The molecule has 0 aromatic heterocycles. The quantitative estimate of drug-likeness (QED) is 0.678. The third kappa shape index (κ3) is 1.52. The first kappa shape index (κ1) is 8.55. The maximum atomic E-state index is 3.77. The first-order valence-corrected chi connectivity index (χ1v) is 5.48. The second-order valence-electron chi connectivity index (χ2n) is 5.06. The molecule has 12 heavy (non-hydrogen) atoms. The predicted octanol–water partition coefficient (Wildman–Crippen LogP) is 2.56. The van der Waals surface area contributed by atoms with Crippen molar-refractivity contribution in [2.75, 3.05) is 6.54 Å². The SMILES string of the molecule is CC(C)CNC1(C2CCC2)CC1. The van der Waals surface area contributed by atoms with Gasteiger partial charge in [-0.25, -0.2) is 0 Å². The lowest BCUT2D eigenvalue weighted by atomic mass is 9.78. The van der Waals surface area contributed by atoms with Crippen LogP contribution < -0.4 is 5.32 Å². The Hall–Kier alpha value is -0.0400. The van der Waals surface area contributed by atoms with Crippen LogP contribution in [0.3, 0.4) is 0 Å². The second-order valence-corrected chi connectivity index (χ2v) is 5.06. The molecule has 1 nitrogen and oxygen atoms in total. The zero-order chi connectivity index (χ0) is 8.60. The van der Waals surface area contributed by atoms with Crippen molar-refractivity contribution in [2.45, 2.75) is 51.5 Å². The first-order valence-electron chi connectivity index (χ1n) is 5.48. The van der Waals surface area contributed by atoms with E-state index in [0.29, 0.717) is 5.54 Å². The third-order valence-electron chi connectivity index (χ3n) is 3.54. The highest BCUT2D eigenvalue weighted by Crippen LogP contribution is 2.50. The van der Waals surface area contributed by atoms with Gasteiger partial charge in [0, 0.05) is 5.54 Å². The standard InChI is InChI=1S/C11H21N/c1-9(2)8-12-11(6-7-11)10-4-3-5-10/h9-10,12H,3-8H2,1-2H3. The normalized spacial score (nSPS) is 27.2. The maximum absolute atomic E-state index is 3.77. The summed E-state index contributed by atoms with van der Waals surface area (Å²) in [5.41, 5.74) is 0.628. The Morgan fingerprint density at radius 1 is 1.33 bits per heavy atom. The lowest BCUT2D eigenvalue weighted by Crippen LogP contribution is -2.43. The summed E-state index contributed by atoms with van der Waals surface area (Å²) in [7, 11) is 0. The Labute approximate surface area is 75.9 Å². The fourth-order valence-electron chi connectivity index (χ4n) is 2.23. The minimum absolute atomic E-state index is 0.628. The molecule has 0 saturated heterocycles. The van der Waals surface area contributed by atoms with Crippen LogP contribution in [0.1, 0.15) is 46.0 Å². The molecule has 0 radical (unpaired) electrons. The van der Waals surface area contributed by atoms with Gasteiger partial charge in [0.1, 0.15) is 0 Å². The summed E-state index contributed by atoms with van der Waals surface area (Å²) in [6.07, 6.45) is 7.36. The highest BCUT2D eigenvalue weighted by Gasteiger charge is 2.50. The molecule has 2 aliphatic carbocycles. The summed E-state index contributed by atoms with van der Waals surface area (Å²) in [6, 6.07) is 0. The van der Waals surface area contributed by atoms with Gasteiger partial charge in [0.05, 0.1) is 0 Å². The first-order chi connectivity index (χ1) is 5.73. The van der Waals surface area contributed by atoms with E-state index in [1.54, 1.807) is 0 Å². The molecule has 0 atom stereocenters. The van der Waals surface area contributed by atoms with Crippen LogP contribution in [0, 0.1) is 11.8 Å². The molecule has 2 saturated carbocycles. The smallest absolute Gasteiger partial charge is 0.0211 e. The predicted molar refractivity (Wildman–Crippen MR) is 52.1 cm³/mol. The Morgan fingerprint density at radius 2 is 2.00 bits per heavy atom. The molecule has 0 heterocycles. The number of rotatable bonds is 4. The molecule has 0 aromatic carbocycles. The van der Waals surface area contributed by atoms with Crippen LogP contribution in [-0.4, -0.2) is 12.1 Å². The van der Waals surface area contributed by atoms with Gasteiger partial charge in [-0.2, -0.15) is 0 Å². The van der Waals surface area contributed by atoms with Gasteiger partial charge < -0.3 is 5.32 Å². The zero-order valence-electron chi connectivity index (χ0n) is 8.40. The Bertz CT molecular complexity index is 154. The molecule has 0 bridgehead atoms. The molecular weight excluding hydrogens is 146 g/mol. The minimum atomic E-state index is 0.628. The van der Waals surface area contributed by atoms with Crippen LogP contribution in [0.25, 0.3) is 0 Å². The van der Waals surface area contributed by atoms with E-state index in [2.05, 4.69) is 19.2 Å². The van der Waals surface area contributed by atoms with Crippen molar-refractivity contribution in [2.24, 2.45) is 11.8 Å². The Morgan fingerprint density at radius 3 is 2.33 bits per heavy atom. The zero-order valence-corrected chi connectivity index (χ0v) is 8.40. The molecule has 1 N–H and O–H groups in total. The van der Waals surface area contributed by atoms with E-state index in [-0.39, 0.29) is 0 Å². The fourth-order valence-corrected chi connectivity index (χ4v) is 2.23. The average Bonchev–Trinajstić information content (AvgIpc) is 2.62. The summed E-state index contributed by atoms with van der Waals surface area (Å²) in [5.74, 6) is 1.85. The molecule has 0 unspecified atom stereocenters. The average molecular weight is 167 g/mol. The fraction of sp³-hybridized carbons (Fsp3) is 1.00. The molecule has 0 aliphatic heterocycles. The topological polar surface area (TPSA) is 12.0 Å². The van der Waals surface area contributed by atoms with E-state index >= 15 is 0 Å². The van der Waals surface area contributed by atoms with Crippen LogP contribution in [0.5, 0.6) is 0 Å². The summed E-state index contributed by atoms with van der Waals surface area (Å²) < 4.78 is 0. The highest BCUT2D eigenvalue weighted by molar-refractivity contribution is 5.08. The van der Waals surface area contributed by atoms with E-state index in [4.69, 9.17) is 0 Å². The molecule has 1 heteroatoms. The van der Waals surface area contributed by atoms with Gasteiger partial charge >= 0.3 is 0 Å². The Kier molecular flexibility index (Phi) is 2.16. The minimum Gasteiger partial charge on any atom is -0.311 e. The lowest BCUT2D eigenvalue weighted by molar-refractivity contribution is 0.207. The van der Waals surface area contributed by atoms with Crippen molar-refractivity contribution in [3.8, 4) is 0 Å². The van der Waals surface area contributed by atoms with Crippen LogP contribution >= 0.6 is 0 Å². The van der Waals surface area contributed by atoms with Crippen LogP contribution in [0.4, 0.5) is 0 Å². The van der Waals surface area contributed by atoms with Gasteiger partial charge in [-0.3, -0.25) is 0 Å². The number of nitrogens with one attached hydrogen (secondary N) is 1. The highest BCUT2D eigenvalue weighted by atomic mass is 15.0. The van der Waals surface area contributed by atoms with Crippen LogP contribution in [0.15, 0.2) is 0 Å². The van der Waals surface area contributed by atoms with Gasteiger partial charge in [0.25, 0.3) is 0 Å². The summed E-state index contributed by atoms with van der Waals surface area (Å²) >= 11 is 0. The lowest BCUT2D eigenvalue weighted by Gasteiger charge is -2.35. The molecule has 0 amide bonds. The summed E-state index contributed by atoms with van der Waals surface area (Å²) in [5, 5.41) is 3.77. The van der Waals surface area contributed by atoms with Crippen molar-refractivity contribution in [1.29, 1.82) is 0 Å². The van der Waals surface area contributed by atoms with Crippen molar-refractivity contribution in [1.82, 2.24) is 5.32 Å². The van der Waals surface area contributed by atoms with Gasteiger partial charge in [-0.05, 0) is 44.1 Å². The molecule has 2 fully saturated rings. The summed E-state index contributed by atoms with van der Waals surface area (Å²) in [4.78, 5) is 0. The molecule has 70 valence electrons. The molecular formula is C11H21N. The van der Waals surface area contributed by atoms with Crippen LogP contribution in [-0.2, 0) is 0 Å². The van der Waals surface area contributed by atoms with E-state index in [9.17, 15) is 0 Å². The van der Waals surface area contributed by atoms with Crippen molar-refractivity contribution in [3.63, 3.8) is 0 Å². The van der Waals surface area contributed by atoms with E-state index in [0.717, 1.165) is 11.8 Å². The molecule has 0 spiro atoms. The maximum Gasteiger partial charge on any atom is 0.0211 e. The largest absolute Gasteiger partial charge is 0.311 e. The van der Waals surface area contributed by atoms with Gasteiger partial charge in [0.2, 0.25) is 0 Å². The van der Waals surface area contributed by atoms with Crippen molar-refractivity contribution in [3.05, 3.63) is 0 Å². The number of hydrogen-bond acceptors (Lipinski definition) is 1. The van der Waals surface area contributed by atoms with Gasteiger partial charge in [0.15, 0.2) is 0 Å². The Balaban J connectivity index is 1.77.